The van der Waals surface area contributed by atoms with Crippen LogP contribution < -0.4 is 11.3 Å². The Balaban J connectivity index is 2.60. The zero-order valence-electron chi connectivity index (χ0n) is 6.95. The number of aromatic amines is 1. The summed E-state index contributed by atoms with van der Waals surface area (Å²) in [6, 6.07) is 3.00. The fourth-order valence-corrected chi connectivity index (χ4v) is 1.23. The molecule has 14 heavy (non-hydrogen) atoms. The minimum absolute atomic E-state index is 0.113. The highest BCUT2D eigenvalue weighted by atomic mass is 35.5. The molecule has 0 spiro atoms. The Bertz CT molecular complexity index is 517. The van der Waals surface area contributed by atoms with Gasteiger partial charge in [-0.1, -0.05) is 16.8 Å². The van der Waals surface area contributed by atoms with E-state index in [-0.39, 0.29) is 16.4 Å². The van der Waals surface area contributed by atoms with E-state index in [4.69, 9.17) is 21.9 Å². The smallest absolute Gasteiger partial charge is 0.248 e. The van der Waals surface area contributed by atoms with Crippen molar-refractivity contribution in [2.45, 2.75) is 0 Å². The van der Waals surface area contributed by atoms with Crippen molar-refractivity contribution in [2.24, 2.45) is 0 Å². The van der Waals surface area contributed by atoms with Crippen LogP contribution in [0.4, 0.5) is 5.82 Å². The van der Waals surface area contributed by atoms with E-state index in [9.17, 15) is 4.79 Å². The first kappa shape index (κ1) is 8.83. The first-order valence-corrected chi connectivity index (χ1v) is 4.16. The van der Waals surface area contributed by atoms with Gasteiger partial charge in [0.2, 0.25) is 5.56 Å². The summed E-state index contributed by atoms with van der Waals surface area (Å²) in [6.07, 6.45) is 1.49. The molecule has 0 saturated heterocycles. The van der Waals surface area contributed by atoms with Gasteiger partial charge in [0.15, 0.2) is 11.6 Å². The quantitative estimate of drug-likeness (QED) is 0.744. The van der Waals surface area contributed by atoms with E-state index >= 15 is 0 Å². The molecule has 0 atom stereocenters. The largest absolute Gasteiger partial charge is 0.380 e. The van der Waals surface area contributed by atoms with Crippen LogP contribution in [-0.4, -0.2) is 10.1 Å². The van der Waals surface area contributed by atoms with E-state index in [1.54, 1.807) is 6.07 Å². The minimum Gasteiger partial charge on any atom is -0.380 e. The number of nitrogens with one attached hydrogen (secondary N) is 1. The Kier molecular flexibility index (Phi) is 2.01. The molecule has 2 aromatic rings. The number of anilines is 1. The first-order valence-electron chi connectivity index (χ1n) is 3.78. The zero-order chi connectivity index (χ0) is 10.1. The average molecular weight is 212 g/mol. The van der Waals surface area contributed by atoms with Crippen molar-refractivity contribution in [3.8, 4) is 11.3 Å². The van der Waals surface area contributed by atoms with Gasteiger partial charge in [0, 0.05) is 17.8 Å². The molecule has 0 aliphatic rings. The lowest BCUT2D eigenvalue weighted by molar-refractivity contribution is 0.436. The Morgan fingerprint density at radius 1 is 1.57 bits per heavy atom. The number of nitrogen functional groups attached to an aromatic ring is 1. The van der Waals surface area contributed by atoms with E-state index in [0.29, 0.717) is 11.3 Å². The van der Waals surface area contributed by atoms with Crippen LogP contribution in [0.5, 0.6) is 0 Å². The Hall–Kier alpha value is -1.75. The summed E-state index contributed by atoms with van der Waals surface area (Å²) in [5.74, 6) is 0.414. The molecule has 0 fully saturated rings. The summed E-state index contributed by atoms with van der Waals surface area (Å²) in [5.41, 5.74) is 5.70. The molecule has 5 nitrogen and oxygen atoms in total. The number of H-pyrrole nitrogens is 1. The van der Waals surface area contributed by atoms with Crippen molar-refractivity contribution in [3.63, 3.8) is 0 Å². The van der Waals surface area contributed by atoms with Crippen LogP contribution in [0.15, 0.2) is 27.6 Å². The van der Waals surface area contributed by atoms with Gasteiger partial charge in [-0.05, 0) is 6.07 Å². The molecule has 0 saturated carbocycles. The average Bonchev–Trinajstić information content (AvgIpc) is 2.48. The number of aromatic nitrogens is 2. The van der Waals surface area contributed by atoms with Gasteiger partial charge in [-0.15, -0.1) is 0 Å². The maximum absolute atomic E-state index is 11.0. The molecule has 3 N–H and O–H groups in total. The van der Waals surface area contributed by atoms with Gasteiger partial charge < -0.3 is 15.2 Å². The topological polar surface area (TPSA) is 84.9 Å². The van der Waals surface area contributed by atoms with Crippen LogP contribution in [-0.2, 0) is 0 Å². The highest BCUT2D eigenvalue weighted by Crippen LogP contribution is 2.30. The van der Waals surface area contributed by atoms with Crippen molar-refractivity contribution in [1.29, 1.82) is 0 Å². The number of nitrogens with two attached hydrogens (primary N) is 1. The Morgan fingerprint density at radius 3 is 2.93 bits per heavy atom. The summed E-state index contributed by atoms with van der Waals surface area (Å²) in [5, 5.41) is 3.70. The molecule has 6 heteroatoms. The monoisotopic (exact) mass is 211 g/mol. The first-order chi connectivity index (χ1) is 6.68. The van der Waals surface area contributed by atoms with E-state index in [0.717, 1.165) is 0 Å². The van der Waals surface area contributed by atoms with Crippen molar-refractivity contribution < 1.29 is 4.52 Å². The highest BCUT2D eigenvalue weighted by Gasteiger charge is 2.13. The lowest BCUT2D eigenvalue weighted by atomic mass is 10.2. The predicted molar refractivity (Wildman–Crippen MR) is 52.0 cm³/mol. The highest BCUT2D eigenvalue weighted by molar-refractivity contribution is 6.35. The predicted octanol–water partition coefficient (Wildman–Crippen LogP) is 1.27. The molecule has 72 valence electrons. The SMILES string of the molecule is Nc1noc(-c2cc[nH]c(=O)c2)c1Cl. The number of nitrogens with zero attached hydrogens (tertiary/aromatic N) is 1. The Morgan fingerprint density at radius 2 is 2.36 bits per heavy atom. The normalized spacial score (nSPS) is 10.4. The van der Waals surface area contributed by atoms with Crippen LogP contribution in [0.2, 0.25) is 5.02 Å². The van der Waals surface area contributed by atoms with E-state index in [2.05, 4.69) is 10.1 Å². The van der Waals surface area contributed by atoms with E-state index < -0.39 is 0 Å². The minimum atomic E-state index is -0.242. The van der Waals surface area contributed by atoms with Crippen molar-refractivity contribution >= 4 is 17.4 Å². The number of rotatable bonds is 1. The van der Waals surface area contributed by atoms with Gasteiger partial charge in [0.1, 0.15) is 5.02 Å². The third-order valence-corrected chi connectivity index (χ3v) is 2.06. The summed E-state index contributed by atoms with van der Waals surface area (Å²) in [7, 11) is 0. The van der Waals surface area contributed by atoms with Crippen molar-refractivity contribution in [2.75, 3.05) is 5.73 Å². The molecule has 0 unspecified atom stereocenters. The summed E-state index contributed by atoms with van der Waals surface area (Å²) < 4.78 is 4.88. The molecule has 0 amide bonds. The second-order valence-electron chi connectivity index (χ2n) is 2.65. The number of pyridine rings is 1. The van der Waals surface area contributed by atoms with Crippen LogP contribution in [0.3, 0.4) is 0 Å². The van der Waals surface area contributed by atoms with Gasteiger partial charge in [0.05, 0.1) is 0 Å². The van der Waals surface area contributed by atoms with Gasteiger partial charge in [-0.3, -0.25) is 4.79 Å². The molecule has 2 aromatic heterocycles. The fourth-order valence-electron chi connectivity index (χ4n) is 1.06. The second kappa shape index (κ2) is 3.19. The van der Waals surface area contributed by atoms with Gasteiger partial charge in [-0.25, -0.2) is 0 Å². The maximum Gasteiger partial charge on any atom is 0.248 e. The summed E-state index contributed by atoms with van der Waals surface area (Å²) in [6.45, 7) is 0. The molecule has 2 rings (SSSR count). The van der Waals surface area contributed by atoms with Gasteiger partial charge in [0.25, 0.3) is 0 Å². The zero-order valence-corrected chi connectivity index (χ0v) is 7.71. The molecule has 0 aromatic carbocycles. The molecular weight excluding hydrogens is 206 g/mol. The lowest BCUT2D eigenvalue weighted by Gasteiger charge is -1.93. The van der Waals surface area contributed by atoms with Crippen molar-refractivity contribution in [1.82, 2.24) is 10.1 Å². The molecule has 0 aliphatic heterocycles. The second-order valence-corrected chi connectivity index (χ2v) is 3.03. The van der Waals surface area contributed by atoms with E-state index in [1.807, 2.05) is 0 Å². The number of halogens is 1. The summed E-state index contributed by atoms with van der Waals surface area (Å²) >= 11 is 5.80. The van der Waals surface area contributed by atoms with Crippen molar-refractivity contribution in [3.05, 3.63) is 33.7 Å². The summed E-state index contributed by atoms with van der Waals surface area (Å²) in [4.78, 5) is 13.5. The van der Waals surface area contributed by atoms with Crippen LogP contribution in [0, 0.1) is 0 Å². The Labute approximate surface area is 83.5 Å². The maximum atomic E-state index is 11.0. The number of hydrogen-bond donors (Lipinski definition) is 2. The third kappa shape index (κ3) is 1.38. The third-order valence-electron chi connectivity index (χ3n) is 1.70. The molecule has 0 radical (unpaired) electrons. The number of hydrogen-bond acceptors (Lipinski definition) is 4. The van der Waals surface area contributed by atoms with Gasteiger partial charge in [-0.2, -0.15) is 0 Å². The van der Waals surface area contributed by atoms with E-state index in [1.165, 1.54) is 12.3 Å². The standard InChI is InChI=1S/C8H6ClN3O2/c9-6-7(14-12-8(6)10)4-1-2-11-5(13)3-4/h1-3H,(H2,10,12)(H,11,13). The molecular formula is C8H6ClN3O2. The van der Waals surface area contributed by atoms with Crippen LogP contribution >= 0.6 is 11.6 Å². The van der Waals surface area contributed by atoms with Crippen LogP contribution in [0.1, 0.15) is 0 Å². The molecule has 2 heterocycles. The molecule has 0 aliphatic carbocycles. The lowest BCUT2D eigenvalue weighted by Crippen LogP contribution is -2.01. The molecule has 0 bridgehead atoms. The van der Waals surface area contributed by atoms with Crippen LogP contribution in [0.25, 0.3) is 11.3 Å². The fraction of sp³-hybridized carbons (Fsp3) is 0. The van der Waals surface area contributed by atoms with Gasteiger partial charge >= 0.3 is 0 Å².